The summed E-state index contributed by atoms with van der Waals surface area (Å²) < 4.78 is 4.94. The van der Waals surface area contributed by atoms with Crippen molar-refractivity contribution in [2.75, 3.05) is 20.3 Å². The van der Waals surface area contributed by atoms with Gasteiger partial charge in [0, 0.05) is 13.2 Å². The van der Waals surface area contributed by atoms with Crippen LogP contribution in [-0.4, -0.2) is 41.7 Å². The fraction of sp³-hybridized carbons (Fsp3) is 0.500. The Hall–Kier alpha value is -1.30. The van der Waals surface area contributed by atoms with Gasteiger partial charge in [0.1, 0.15) is 11.5 Å². The van der Waals surface area contributed by atoms with Gasteiger partial charge < -0.3 is 25.4 Å². The number of ether oxygens (including phenoxy) is 1. The van der Waals surface area contributed by atoms with Crippen LogP contribution in [0, 0.1) is 0 Å². The quantitative estimate of drug-likeness (QED) is 0.591. The van der Waals surface area contributed by atoms with Gasteiger partial charge >= 0.3 is 0 Å². The number of rotatable bonds is 6. The van der Waals surface area contributed by atoms with Gasteiger partial charge in [-0.2, -0.15) is 0 Å². The monoisotopic (exact) mass is 241 g/mol. The Morgan fingerprint density at radius 2 is 1.88 bits per heavy atom. The fourth-order valence-corrected chi connectivity index (χ4v) is 1.78. The summed E-state index contributed by atoms with van der Waals surface area (Å²) in [5.74, 6) is 0.0539. The number of nitrogens with one attached hydrogen (secondary N) is 1. The molecule has 96 valence electrons. The van der Waals surface area contributed by atoms with E-state index in [0.29, 0.717) is 12.2 Å². The predicted molar refractivity (Wildman–Crippen MR) is 64.1 cm³/mol. The van der Waals surface area contributed by atoms with E-state index in [2.05, 4.69) is 5.32 Å². The summed E-state index contributed by atoms with van der Waals surface area (Å²) in [6, 6.07) is 4.06. The number of aliphatic hydroxyl groups is 1. The minimum Gasteiger partial charge on any atom is -0.507 e. The van der Waals surface area contributed by atoms with Gasteiger partial charge in [0.25, 0.3) is 0 Å². The Labute approximate surface area is 101 Å². The highest BCUT2D eigenvalue weighted by Crippen LogP contribution is 2.32. The smallest absolute Gasteiger partial charge is 0.124 e. The number of methoxy groups -OCH3 is 1. The normalized spacial score (nSPS) is 14.5. The maximum absolute atomic E-state index is 9.68. The van der Waals surface area contributed by atoms with E-state index < -0.39 is 0 Å². The Morgan fingerprint density at radius 3 is 2.35 bits per heavy atom. The van der Waals surface area contributed by atoms with Crippen LogP contribution in [0.1, 0.15) is 18.5 Å². The number of hydrogen-bond donors (Lipinski definition) is 4. The van der Waals surface area contributed by atoms with Crippen LogP contribution < -0.4 is 5.32 Å². The van der Waals surface area contributed by atoms with Crippen LogP contribution in [0.3, 0.4) is 0 Å². The molecule has 0 aliphatic rings. The molecule has 17 heavy (non-hydrogen) atoms. The van der Waals surface area contributed by atoms with E-state index in [4.69, 9.17) is 9.84 Å². The second-order valence-electron chi connectivity index (χ2n) is 3.93. The molecule has 1 rings (SSSR count). The van der Waals surface area contributed by atoms with Crippen molar-refractivity contribution >= 4 is 0 Å². The van der Waals surface area contributed by atoms with Crippen molar-refractivity contribution in [1.82, 2.24) is 5.32 Å². The van der Waals surface area contributed by atoms with Gasteiger partial charge in [-0.25, -0.2) is 0 Å². The Kier molecular flexibility index (Phi) is 5.21. The first-order valence-corrected chi connectivity index (χ1v) is 5.46. The molecule has 1 aromatic carbocycles. The predicted octanol–water partition coefficient (Wildman–Crippen LogP) is 0.756. The zero-order valence-electron chi connectivity index (χ0n) is 10.1. The lowest BCUT2D eigenvalue weighted by atomic mass is 10.1. The summed E-state index contributed by atoms with van der Waals surface area (Å²) in [5, 5.41) is 31.6. The van der Waals surface area contributed by atoms with E-state index in [1.54, 1.807) is 20.1 Å². The molecule has 0 aliphatic heterocycles. The molecule has 4 N–H and O–H groups in total. The first-order valence-electron chi connectivity index (χ1n) is 5.46. The van der Waals surface area contributed by atoms with E-state index in [0.717, 1.165) is 0 Å². The third-order valence-corrected chi connectivity index (χ3v) is 2.57. The van der Waals surface area contributed by atoms with Gasteiger partial charge in [0.15, 0.2) is 0 Å². The molecule has 0 saturated heterocycles. The highest BCUT2D eigenvalue weighted by atomic mass is 16.5. The number of aliphatic hydroxyl groups excluding tert-OH is 1. The van der Waals surface area contributed by atoms with Gasteiger partial charge in [-0.3, -0.25) is 0 Å². The Morgan fingerprint density at radius 1 is 1.29 bits per heavy atom. The molecule has 5 nitrogen and oxygen atoms in total. The average Bonchev–Trinajstić information content (AvgIpc) is 2.28. The van der Waals surface area contributed by atoms with Gasteiger partial charge in [-0.1, -0.05) is 6.07 Å². The van der Waals surface area contributed by atoms with Crippen molar-refractivity contribution in [3.8, 4) is 11.5 Å². The van der Waals surface area contributed by atoms with E-state index >= 15 is 0 Å². The van der Waals surface area contributed by atoms with Gasteiger partial charge in [-0.15, -0.1) is 0 Å². The molecule has 0 amide bonds. The highest BCUT2D eigenvalue weighted by Gasteiger charge is 2.18. The number of hydrogen-bond acceptors (Lipinski definition) is 5. The van der Waals surface area contributed by atoms with E-state index in [-0.39, 0.29) is 30.2 Å². The number of phenolic OH excluding ortho intramolecular Hbond substituents is 2. The number of benzene rings is 1. The molecule has 2 atom stereocenters. The molecule has 0 spiro atoms. The van der Waals surface area contributed by atoms with Gasteiger partial charge in [0.2, 0.25) is 0 Å². The van der Waals surface area contributed by atoms with Crippen LogP contribution in [0.4, 0.5) is 0 Å². The van der Waals surface area contributed by atoms with Gasteiger partial charge in [-0.05, 0) is 19.1 Å². The molecular formula is C12H19NO4. The minimum atomic E-state index is -0.288. The largest absolute Gasteiger partial charge is 0.507 e. The topological polar surface area (TPSA) is 82.0 Å². The van der Waals surface area contributed by atoms with Crippen LogP contribution in [0.25, 0.3) is 0 Å². The van der Waals surface area contributed by atoms with E-state index in [1.165, 1.54) is 12.1 Å². The zero-order chi connectivity index (χ0) is 12.8. The molecule has 0 heterocycles. The number of phenols is 2. The molecule has 5 heteroatoms. The highest BCUT2D eigenvalue weighted by molar-refractivity contribution is 5.44. The zero-order valence-corrected chi connectivity index (χ0v) is 10.1. The van der Waals surface area contributed by atoms with Crippen LogP contribution >= 0.6 is 0 Å². The van der Waals surface area contributed by atoms with E-state index in [9.17, 15) is 10.2 Å². The molecule has 0 saturated carbocycles. The summed E-state index contributed by atoms with van der Waals surface area (Å²) >= 11 is 0. The molecule has 0 bridgehead atoms. The maximum Gasteiger partial charge on any atom is 0.124 e. The summed E-state index contributed by atoms with van der Waals surface area (Å²) in [6.45, 7) is 2.08. The van der Waals surface area contributed by atoms with Crippen LogP contribution in [0.5, 0.6) is 11.5 Å². The van der Waals surface area contributed by atoms with Crippen molar-refractivity contribution in [1.29, 1.82) is 0 Å². The van der Waals surface area contributed by atoms with Crippen molar-refractivity contribution in [3.63, 3.8) is 0 Å². The molecule has 0 aromatic heterocycles. The van der Waals surface area contributed by atoms with Crippen molar-refractivity contribution < 1.29 is 20.1 Å². The van der Waals surface area contributed by atoms with Crippen LogP contribution in [0.15, 0.2) is 18.2 Å². The Bertz CT molecular complexity index is 336. The molecule has 0 fully saturated rings. The lowest BCUT2D eigenvalue weighted by molar-refractivity contribution is 0.123. The lowest BCUT2D eigenvalue weighted by Crippen LogP contribution is -2.38. The number of aromatic hydroxyl groups is 2. The molecular weight excluding hydrogens is 222 g/mol. The standard InChI is InChI=1S/C12H19NO4/c1-8(13-9(6-14)7-17-2)12-10(15)4-3-5-11(12)16/h3-5,8-9,13-16H,6-7H2,1-2H3. The molecule has 2 unspecified atom stereocenters. The Balaban J connectivity index is 2.78. The molecule has 0 aliphatic carbocycles. The molecule has 1 aromatic rings. The van der Waals surface area contributed by atoms with Crippen molar-refractivity contribution in [2.24, 2.45) is 0 Å². The third kappa shape index (κ3) is 3.59. The van der Waals surface area contributed by atoms with Crippen LogP contribution in [0.2, 0.25) is 0 Å². The second kappa shape index (κ2) is 6.44. The average molecular weight is 241 g/mol. The molecule has 0 radical (unpaired) electrons. The maximum atomic E-state index is 9.68. The van der Waals surface area contributed by atoms with Crippen molar-refractivity contribution in [3.05, 3.63) is 23.8 Å². The van der Waals surface area contributed by atoms with Gasteiger partial charge in [0.05, 0.1) is 24.8 Å². The summed E-state index contributed by atoms with van der Waals surface area (Å²) in [7, 11) is 1.55. The summed E-state index contributed by atoms with van der Waals surface area (Å²) in [5.41, 5.74) is 0.419. The summed E-state index contributed by atoms with van der Waals surface area (Å²) in [4.78, 5) is 0. The third-order valence-electron chi connectivity index (χ3n) is 2.57. The van der Waals surface area contributed by atoms with Crippen molar-refractivity contribution in [2.45, 2.75) is 19.0 Å². The first kappa shape index (κ1) is 13.8. The SMILES string of the molecule is COCC(CO)NC(C)c1c(O)cccc1O. The van der Waals surface area contributed by atoms with Crippen LogP contribution in [-0.2, 0) is 4.74 Å². The second-order valence-corrected chi connectivity index (χ2v) is 3.93. The first-order chi connectivity index (χ1) is 8.10. The fourth-order valence-electron chi connectivity index (χ4n) is 1.78. The van der Waals surface area contributed by atoms with E-state index in [1.807, 2.05) is 0 Å². The minimum absolute atomic E-state index is 0.0270. The lowest BCUT2D eigenvalue weighted by Gasteiger charge is -2.22. The summed E-state index contributed by atoms with van der Waals surface area (Å²) in [6.07, 6.45) is 0.